The SMILES string of the molecule is Cc1sc(NC(=O)c2cccc3ccccc23)nc1-c1ccc(Cl)cc1. The molecule has 128 valence electrons. The number of nitrogens with zero attached hydrogens (tertiary/aromatic N) is 1. The minimum absolute atomic E-state index is 0.154. The summed E-state index contributed by atoms with van der Waals surface area (Å²) in [7, 11) is 0. The van der Waals surface area contributed by atoms with Crippen LogP contribution in [0.15, 0.2) is 66.7 Å². The largest absolute Gasteiger partial charge is 0.298 e. The number of aromatic nitrogens is 1. The van der Waals surface area contributed by atoms with E-state index in [0.717, 1.165) is 26.9 Å². The van der Waals surface area contributed by atoms with Crippen LogP contribution in [0.25, 0.3) is 22.0 Å². The zero-order valence-corrected chi connectivity index (χ0v) is 15.6. The molecule has 4 rings (SSSR count). The third-order valence-electron chi connectivity index (χ3n) is 4.17. The summed E-state index contributed by atoms with van der Waals surface area (Å²) in [5.74, 6) is -0.154. The van der Waals surface area contributed by atoms with Gasteiger partial charge in [0, 0.05) is 21.0 Å². The van der Waals surface area contributed by atoms with E-state index in [-0.39, 0.29) is 5.91 Å². The first-order valence-corrected chi connectivity index (χ1v) is 9.34. The number of hydrogen-bond donors (Lipinski definition) is 1. The van der Waals surface area contributed by atoms with Gasteiger partial charge in [-0.25, -0.2) is 4.98 Å². The van der Waals surface area contributed by atoms with E-state index in [4.69, 9.17) is 11.6 Å². The number of halogens is 1. The van der Waals surface area contributed by atoms with Gasteiger partial charge in [0.05, 0.1) is 5.69 Å². The van der Waals surface area contributed by atoms with Gasteiger partial charge in [-0.05, 0) is 35.9 Å². The second kappa shape index (κ2) is 6.90. The maximum absolute atomic E-state index is 12.8. The molecule has 0 unspecified atom stereocenters. The third-order valence-corrected chi connectivity index (χ3v) is 5.31. The van der Waals surface area contributed by atoms with Crippen LogP contribution in [0.1, 0.15) is 15.2 Å². The van der Waals surface area contributed by atoms with E-state index in [2.05, 4.69) is 10.3 Å². The van der Waals surface area contributed by atoms with Crippen molar-refractivity contribution in [3.8, 4) is 11.3 Å². The Hall–Kier alpha value is -2.69. The van der Waals surface area contributed by atoms with E-state index < -0.39 is 0 Å². The highest BCUT2D eigenvalue weighted by Gasteiger charge is 2.14. The third kappa shape index (κ3) is 3.21. The molecule has 0 saturated carbocycles. The van der Waals surface area contributed by atoms with Crippen molar-refractivity contribution in [2.24, 2.45) is 0 Å². The maximum atomic E-state index is 12.8. The number of benzene rings is 3. The van der Waals surface area contributed by atoms with Crippen molar-refractivity contribution in [1.82, 2.24) is 4.98 Å². The monoisotopic (exact) mass is 378 g/mol. The van der Waals surface area contributed by atoms with Crippen LogP contribution in [0.4, 0.5) is 5.13 Å². The smallest absolute Gasteiger partial charge is 0.258 e. The Morgan fingerprint density at radius 2 is 1.73 bits per heavy atom. The molecule has 1 amide bonds. The molecule has 0 atom stereocenters. The summed E-state index contributed by atoms with van der Waals surface area (Å²) < 4.78 is 0. The Bertz CT molecular complexity index is 1100. The number of fused-ring (bicyclic) bond motifs is 1. The zero-order chi connectivity index (χ0) is 18.1. The lowest BCUT2D eigenvalue weighted by Gasteiger charge is -2.06. The fourth-order valence-corrected chi connectivity index (χ4v) is 3.87. The van der Waals surface area contributed by atoms with E-state index >= 15 is 0 Å². The highest BCUT2D eigenvalue weighted by atomic mass is 35.5. The van der Waals surface area contributed by atoms with Gasteiger partial charge in [-0.1, -0.05) is 60.1 Å². The molecule has 0 spiro atoms. The molecule has 1 N–H and O–H groups in total. The summed E-state index contributed by atoms with van der Waals surface area (Å²) in [4.78, 5) is 18.4. The molecule has 0 bridgehead atoms. The van der Waals surface area contributed by atoms with Crippen molar-refractivity contribution in [1.29, 1.82) is 0 Å². The summed E-state index contributed by atoms with van der Waals surface area (Å²) in [6, 6.07) is 21.1. The Morgan fingerprint density at radius 1 is 1.00 bits per heavy atom. The molecule has 0 aliphatic carbocycles. The first kappa shape index (κ1) is 16.8. The number of anilines is 1. The second-order valence-corrected chi connectivity index (χ2v) is 7.55. The normalized spacial score (nSPS) is 10.8. The fourth-order valence-electron chi connectivity index (χ4n) is 2.91. The van der Waals surface area contributed by atoms with Crippen LogP contribution in [0, 0.1) is 6.92 Å². The van der Waals surface area contributed by atoms with Crippen LogP contribution >= 0.6 is 22.9 Å². The number of nitrogens with one attached hydrogen (secondary N) is 1. The molecule has 0 radical (unpaired) electrons. The van der Waals surface area contributed by atoms with Gasteiger partial charge < -0.3 is 0 Å². The molecule has 0 aliphatic rings. The number of amides is 1. The molecular weight excluding hydrogens is 364 g/mol. The molecule has 3 nitrogen and oxygen atoms in total. The van der Waals surface area contributed by atoms with E-state index in [1.54, 1.807) is 0 Å². The summed E-state index contributed by atoms with van der Waals surface area (Å²) in [5, 5.41) is 6.18. The Balaban J connectivity index is 1.64. The van der Waals surface area contributed by atoms with Crippen molar-refractivity contribution >= 4 is 44.7 Å². The molecule has 26 heavy (non-hydrogen) atoms. The minimum atomic E-state index is -0.154. The standard InChI is InChI=1S/C21H15ClN2OS/c1-13-19(15-9-11-16(22)12-10-15)23-21(26-13)24-20(25)18-8-4-6-14-5-2-3-7-17(14)18/h2-12H,1H3,(H,23,24,25). The lowest BCUT2D eigenvalue weighted by Crippen LogP contribution is -2.12. The number of carbonyl (C=O) groups excluding carboxylic acids is 1. The van der Waals surface area contributed by atoms with Crippen LogP contribution in [-0.4, -0.2) is 10.9 Å². The van der Waals surface area contributed by atoms with Crippen molar-refractivity contribution in [2.75, 3.05) is 5.32 Å². The Morgan fingerprint density at radius 3 is 2.54 bits per heavy atom. The van der Waals surface area contributed by atoms with Gasteiger partial charge in [0.2, 0.25) is 0 Å². The fraction of sp³-hybridized carbons (Fsp3) is 0.0476. The highest BCUT2D eigenvalue weighted by molar-refractivity contribution is 7.16. The first-order chi connectivity index (χ1) is 12.6. The summed E-state index contributed by atoms with van der Waals surface area (Å²) in [6.45, 7) is 2.00. The van der Waals surface area contributed by atoms with Crippen LogP contribution in [0.5, 0.6) is 0 Å². The number of aryl methyl sites for hydroxylation is 1. The molecule has 4 aromatic rings. The molecule has 1 aromatic heterocycles. The molecule has 0 saturated heterocycles. The highest BCUT2D eigenvalue weighted by Crippen LogP contribution is 2.31. The lowest BCUT2D eigenvalue weighted by atomic mass is 10.0. The quantitative estimate of drug-likeness (QED) is 0.462. The van der Waals surface area contributed by atoms with E-state index in [1.165, 1.54) is 11.3 Å². The average Bonchev–Trinajstić information content (AvgIpc) is 3.02. The number of thiazole rings is 1. The summed E-state index contributed by atoms with van der Waals surface area (Å²) in [5.41, 5.74) is 2.48. The molecular formula is C21H15ClN2OS. The molecule has 3 aromatic carbocycles. The van der Waals surface area contributed by atoms with Gasteiger partial charge in [0.15, 0.2) is 5.13 Å². The van der Waals surface area contributed by atoms with Crippen molar-refractivity contribution in [2.45, 2.75) is 6.92 Å². The van der Waals surface area contributed by atoms with Crippen molar-refractivity contribution in [3.63, 3.8) is 0 Å². The zero-order valence-electron chi connectivity index (χ0n) is 14.0. The molecule has 5 heteroatoms. The van der Waals surface area contributed by atoms with E-state index in [0.29, 0.717) is 15.7 Å². The Labute approximate surface area is 160 Å². The minimum Gasteiger partial charge on any atom is -0.298 e. The molecule has 0 aliphatic heterocycles. The lowest BCUT2D eigenvalue weighted by molar-refractivity contribution is 0.102. The molecule has 0 fully saturated rings. The van der Waals surface area contributed by atoms with Gasteiger partial charge >= 0.3 is 0 Å². The van der Waals surface area contributed by atoms with Gasteiger partial charge in [0.1, 0.15) is 0 Å². The van der Waals surface area contributed by atoms with Crippen LogP contribution in [0.3, 0.4) is 0 Å². The van der Waals surface area contributed by atoms with Gasteiger partial charge in [0.25, 0.3) is 5.91 Å². The summed E-state index contributed by atoms with van der Waals surface area (Å²) >= 11 is 7.42. The van der Waals surface area contributed by atoms with E-state index in [1.807, 2.05) is 73.7 Å². The topological polar surface area (TPSA) is 42.0 Å². The summed E-state index contributed by atoms with van der Waals surface area (Å²) in [6.07, 6.45) is 0. The second-order valence-electron chi connectivity index (χ2n) is 5.91. The van der Waals surface area contributed by atoms with Gasteiger partial charge in [-0.15, -0.1) is 11.3 Å². The average molecular weight is 379 g/mol. The van der Waals surface area contributed by atoms with Gasteiger partial charge in [-0.2, -0.15) is 0 Å². The maximum Gasteiger partial charge on any atom is 0.258 e. The van der Waals surface area contributed by atoms with E-state index in [9.17, 15) is 4.79 Å². The predicted molar refractivity (Wildman–Crippen MR) is 109 cm³/mol. The van der Waals surface area contributed by atoms with Crippen LogP contribution in [-0.2, 0) is 0 Å². The Kier molecular flexibility index (Phi) is 4.45. The van der Waals surface area contributed by atoms with Crippen molar-refractivity contribution in [3.05, 3.63) is 82.2 Å². The number of carbonyl (C=O) groups is 1. The van der Waals surface area contributed by atoms with Crippen LogP contribution < -0.4 is 5.32 Å². The first-order valence-electron chi connectivity index (χ1n) is 8.14. The predicted octanol–water partition coefficient (Wildman–Crippen LogP) is 6.18. The van der Waals surface area contributed by atoms with Crippen LogP contribution in [0.2, 0.25) is 5.02 Å². The molecule has 1 heterocycles. The van der Waals surface area contributed by atoms with Crippen molar-refractivity contribution < 1.29 is 4.79 Å². The number of rotatable bonds is 3. The van der Waals surface area contributed by atoms with Gasteiger partial charge in [-0.3, -0.25) is 10.1 Å². The number of hydrogen-bond acceptors (Lipinski definition) is 3.